The number of aromatic nitrogens is 2. The van der Waals surface area contributed by atoms with Gasteiger partial charge in [-0.05, 0) is 44.5 Å². The smallest absolute Gasteiger partial charge is 0.329 e. The van der Waals surface area contributed by atoms with E-state index in [1.54, 1.807) is 25.1 Å². The van der Waals surface area contributed by atoms with E-state index in [-0.39, 0.29) is 18.3 Å². The molecule has 2 heterocycles. The van der Waals surface area contributed by atoms with Crippen LogP contribution in [-0.2, 0) is 16.1 Å². The predicted molar refractivity (Wildman–Crippen MR) is 131 cm³/mol. The molecule has 0 fully saturated rings. The highest BCUT2D eigenvalue weighted by Gasteiger charge is 2.22. The van der Waals surface area contributed by atoms with Crippen molar-refractivity contribution < 1.29 is 14.3 Å². The fraction of sp³-hybridized carbons (Fsp3) is 0.240. The fourth-order valence-electron chi connectivity index (χ4n) is 3.42. The van der Waals surface area contributed by atoms with E-state index in [0.29, 0.717) is 20.8 Å². The second-order valence-corrected chi connectivity index (χ2v) is 9.12. The van der Waals surface area contributed by atoms with E-state index in [4.69, 9.17) is 21.1 Å². The van der Waals surface area contributed by atoms with Crippen LogP contribution in [0.25, 0.3) is 21.3 Å². The van der Waals surface area contributed by atoms with Crippen molar-refractivity contribution in [3.05, 3.63) is 81.2 Å². The zero-order valence-electron chi connectivity index (χ0n) is 18.4. The lowest BCUT2D eigenvalue weighted by molar-refractivity contribution is -0.148. The first-order valence-electron chi connectivity index (χ1n) is 10.5. The van der Waals surface area contributed by atoms with E-state index in [9.17, 15) is 9.59 Å². The van der Waals surface area contributed by atoms with Gasteiger partial charge < -0.3 is 9.47 Å². The molecule has 2 aromatic carbocycles. The summed E-state index contributed by atoms with van der Waals surface area (Å²) in [6.07, 6.45) is 1.47. The molecule has 0 amide bonds. The van der Waals surface area contributed by atoms with Crippen molar-refractivity contribution >= 4 is 39.1 Å². The third kappa shape index (κ3) is 4.94. The average Bonchev–Trinajstić information content (AvgIpc) is 3.23. The molecule has 0 N–H and O–H groups in total. The molecule has 170 valence electrons. The minimum Gasteiger partial charge on any atom is -0.491 e. The first kappa shape index (κ1) is 23.0. The number of halogens is 1. The zero-order valence-corrected chi connectivity index (χ0v) is 20.0. The summed E-state index contributed by atoms with van der Waals surface area (Å²) in [4.78, 5) is 31.0. The standard InChI is InChI=1S/C25H23ClN2O4S/c1-15(2)32-19-10-8-17(9-11-19)20-13-33-23-22(20)24(29)28(14-27-23)16(3)25(30)31-12-18-6-4-5-7-21(18)26/h4-11,13-16H,12H2,1-3H3. The molecule has 8 heteroatoms. The number of carbonyl (C=O) groups excluding carboxylic acids is 1. The van der Waals surface area contributed by atoms with Gasteiger partial charge in [0.2, 0.25) is 0 Å². The van der Waals surface area contributed by atoms with Crippen LogP contribution in [0, 0.1) is 0 Å². The number of fused-ring (bicyclic) bond motifs is 1. The largest absolute Gasteiger partial charge is 0.491 e. The quantitative estimate of drug-likeness (QED) is 0.308. The SMILES string of the molecule is CC(C)Oc1ccc(-c2csc3ncn(C(C)C(=O)OCc4ccccc4Cl)c(=O)c23)cc1. The van der Waals surface area contributed by atoms with Crippen molar-refractivity contribution in [1.29, 1.82) is 0 Å². The summed E-state index contributed by atoms with van der Waals surface area (Å²) in [6, 6.07) is 13.9. The van der Waals surface area contributed by atoms with Crippen LogP contribution in [0.4, 0.5) is 0 Å². The van der Waals surface area contributed by atoms with E-state index in [0.717, 1.165) is 16.9 Å². The summed E-state index contributed by atoms with van der Waals surface area (Å²) in [5.74, 6) is 0.226. The van der Waals surface area contributed by atoms with Crippen molar-refractivity contribution in [3.63, 3.8) is 0 Å². The maximum Gasteiger partial charge on any atom is 0.329 e. The highest BCUT2D eigenvalue weighted by Crippen LogP contribution is 2.32. The second-order valence-electron chi connectivity index (χ2n) is 7.85. The molecule has 4 aromatic rings. The average molecular weight is 483 g/mol. The molecule has 33 heavy (non-hydrogen) atoms. The predicted octanol–water partition coefficient (Wildman–Crippen LogP) is 5.87. The highest BCUT2D eigenvalue weighted by molar-refractivity contribution is 7.17. The Labute approximate surface area is 200 Å². The number of hydrogen-bond donors (Lipinski definition) is 0. The topological polar surface area (TPSA) is 70.4 Å². The van der Waals surface area contributed by atoms with Gasteiger partial charge in [-0.15, -0.1) is 11.3 Å². The van der Waals surface area contributed by atoms with Gasteiger partial charge in [-0.1, -0.05) is 41.9 Å². The van der Waals surface area contributed by atoms with E-state index in [2.05, 4.69) is 4.98 Å². The third-order valence-electron chi connectivity index (χ3n) is 5.14. The Hall–Kier alpha value is -3.16. The molecular formula is C25H23ClN2O4S. The summed E-state index contributed by atoms with van der Waals surface area (Å²) < 4.78 is 12.4. The number of rotatable bonds is 7. The van der Waals surface area contributed by atoms with Gasteiger partial charge in [0.1, 0.15) is 23.2 Å². The van der Waals surface area contributed by atoms with Gasteiger partial charge in [-0.2, -0.15) is 0 Å². The lowest BCUT2D eigenvalue weighted by Gasteiger charge is -2.15. The highest BCUT2D eigenvalue weighted by atomic mass is 35.5. The summed E-state index contributed by atoms with van der Waals surface area (Å²) in [6.45, 7) is 5.58. The molecule has 0 aliphatic rings. The Morgan fingerprint density at radius 1 is 1.12 bits per heavy atom. The summed E-state index contributed by atoms with van der Waals surface area (Å²) in [5, 5.41) is 2.90. The van der Waals surface area contributed by atoms with Gasteiger partial charge in [-0.25, -0.2) is 9.78 Å². The van der Waals surface area contributed by atoms with E-state index < -0.39 is 12.0 Å². The zero-order chi connectivity index (χ0) is 23.5. The van der Waals surface area contributed by atoms with Gasteiger partial charge in [0, 0.05) is 21.5 Å². The van der Waals surface area contributed by atoms with Crippen LogP contribution in [0.5, 0.6) is 5.75 Å². The molecule has 6 nitrogen and oxygen atoms in total. The van der Waals surface area contributed by atoms with Crippen molar-refractivity contribution in [2.45, 2.75) is 39.5 Å². The Balaban J connectivity index is 1.60. The molecule has 0 saturated carbocycles. The molecular weight excluding hydrogens is 460 g/mol. The van der Waals surface area contributed by atoms with Crippen LogP contribution >= 0.6 is 22.9 Å². The Bertz CT molecular complexity index is 1340. The molecule has 0 aliphatic heterocycles. The van der Waals surface area contributed by atoms with E-state index >= 15 is 0 Å². The molecule has 0 bridgehead atoms. The molecule has 2 aromatic heterocycles. The monoisotopic (exact) mass is 482 g/mol. The van der Waals surface area contributed by atoms with Gasteiger partial charge in [0.05, 0.1) is 17.8 Å². The molecule has 1 unspecified atom stereocenters. The molecule has 1 atom stereocenters. The Morgan fingerprint density at radius 2 is 1.85 bits per heavy atom. The maximum atomic E-state index is 13.3. The van der Waals surface area contributed by atoms with E-state index in [1.165, 1.54) is 22.2 Å². The lowest BCUT2D eigenvalue weighted by Crippen LogP contribution is -2.29. The number of hydrogen-bond acceptors (Lipinski definition) is 6. The first-order valence-corrected chi connectivity index (χ1v) is 11.8. The van der Waals surface area contributed by atoms with Gasteiger partial charge >= 0.3 is 5.97 Å². The summed E-state index contributed by atoms with van der Waals surface area (Å²) in [5.41, 5.74) is 2.06. The lowest BCUT2D eigenvalue weighted by atomic mass is 10.1. The van der Waals surface area contributed by atoms with Gasteiger partial charge in [-0.3, -0.25) is 9.36 Å². The first-order chi connectivity index (χ1) is 15.8. The molecule has 0 aliphatic carbocycles. The number of carbonyl (C=O) groups is 1. The maximum absolute atomic E-state index is 13.3. The third-order valence-corrected chi connectivity index (χ3v) is 6.40. The molecule has 4 rings (SSSR count). The normalized spacial score (nSPS) is 12.2. The number of nitrogens with zero attached hydrogens (tertiary/aromatic N) is 2. The van der Waals surface area contributed by atoms with Crippen LogP contribution in [0.15, 0.2) is 65.0 Å². The fourth-order valence-corrected chi connectivity index (χ4v) is 4.51. The Morgan fingerprint density at radius 3 is 2.55 bits per heavy atom. The van der Waals surface area contributed by atoms with Crippen LogP contribution in [0.2, 0.25) is 5.02 Å². The summed E-state index contributed by atoms with van der Waals surface area (Å²) >= 11 is 7.52. The van der Waals surface area contributed by atoms with Crippen molar-refractivity contribution in [2.75, 3.05) is 0 Å². The minimum atomic E-state index is -0.841. The molecule has 0 radical (unpaired) electrons. The van der Waals surface area contributed by atoms with Gasteiger partial charge in [0.25, 0.3) is 5.56 Å². The number of esters is 1. The van der Waals surface area contributed by atoms with Crippen molar-refractivity contribution in [2.24, 2.45) is 0 Å². The summed E-state index contributed by atoms with van der Waals surface area (Å²) in [7, 11) is 0. The van der Waals surface area contributed by atoms with E-state index in [1.807, 2.05) is 49.6 Å². The number of benzene rings is 2. The minimum absolute atomic E-state index is 0.0295. The van der Waals surface area contributed by atoms with Crippen LogP contribution in [-0.4, -0.2) is 21.6 Å². The van der Waals surface area contributed by atoms with Crippen LogP contribution in [0.3, 0.4) is 0 Å². The number of thiophene rings is 1. The number of ether oxygens (including phenoxy) is 2. The van der Waals surface area contributed by atoms with Crippen LogP contribution < -0.4 is 10.3 Å². The molecule has 0 saturated heterocycles. The second kappa shape index (κ2) is 9.77. The van der Waals surface area contributed by atoms with Gasteiger partial charge in [0.15, 0.2) is 0 Å². The van der Waals surface area contributed by atoms with Crippen molar-refractivity contribution in [1.82, 2.24) is 9.55 Å². The van der Waals surface area contributed by atoms with Crippen molar-refractivity contribution in [3.8, 4) is 16.9 Å². The van der Waals surface area contributed by atoms with Crippen LogP contribution in [0.1, 0.15) is 32.4 Å². The molecule has 0 spiro atoms. The Kier molecular flexibility index (Phi) is 6.81.